The lowest BCUT2D eigenvalue weighted by Gasteiger charge is -2.01. The Morgan fingerprint density at radius 3 is 2.81 bits per heavy atom. The van der Waals surface area contributed by atoms with Gasteiger partial charge in [0.05, 0.1) is 23.3 Å². The summed E-state index contributed by atoms with van der Waals surface area (Å²) in [7, 11) is 0. The summed E-state index contributed by atoms with van der Waals surface area (Å²) < 4.78 is 20.0. The predicted octanol–water partition coefficient (Wildman–Crippen LogP) is 3.25. The SMILES string of the molecule is Nc1c(C(=O)NCc2cc(-c3ccc(F)cc3)on2)cn2ccccc12. The van der Waals surface area contributed by atoms with Gasteiger partial charge in [0, 0.05) is 24.0 Å². The molecule has 130 valence electrons. The third kappa shape index (κ3) is 2.90. The van der Waals surface area contributed by atoms with Gasteiger partial charge in [-0.2, -0.15) is 0 Å². The average molecular weight is 350 g/mol. The van der Waals surface area contributed by atoms with E-state index in [4.69, 9.17) is 10.3 Å². The molecule has 3 aromatic heterocycles. The van der Waals surface area contributed by atoms with E-state index < -0.39 is 0 Å². The van der Waals surface area contributed by atoms with Gasteiger partial charge in [0.1, 0.15) is 11.5 Å². The highest BCUT2D eigenvalue weighted by Gasteiger charge is 2.15. The first-order valence-electron chi connectivity index (χ1n) is 7.97. The Kier molecular flexibility index (Phi) is 3.89. The molecule has 1 amide bonds. The monoisotopic (exact) mass is 350 g/mol. The van der Waals surface area contributed by atoms with E-state index in [0.29, 0.717) is 28.3 Å². The summed E-state index contributed by atoms with van der Waals surface area (Å²) >= 11 is 0. The number of nitrogens with zero attached hydrogens (tertiary/aromatic N) is 2. The zero-order valence-electron chi connectivity index (χ0n) is 13.6. The molecular weight excluding hydrogens is 335 g/mol. The van der Waals surface area contributed by atoms with Crippen LogP contribution in [0.5, 0.6) is 0 Å². The van der Waals surface area contributed by atoms with Gasteiger partial charge in [-0.1, -0.05) is 11.2 Å². The molecule has 3 heterocycles. The maximum absolute atomic E-state index is 13.0. The number of nitrogens with one attached hydrogen (secondary N) is 1. The molecule has 1 aromatic carbocycles. The molecule has 0 atom stereocenters. The van der Waals surface area contributed by atoms with Gasteiger partial charge < -0.3 is 20.0 Å². The molecule has 4 aromatic rings. The van der Waals surface area contributed by atoms with E-state index in [-0.39, 0.29) is 18.3 Å². The third-order valence-electron chi connectivity index (χ3n) is 4.09. The maximum Gasteiger partial charge on any atom is 0.255 e. The van der Waals surface area contributed by atoms with Crippen molar-refractivity contribution < 1.29 is 13.7 Å². The van der Waals surface area contributed by atoms with Crippen LogP contribution in [-0.2, 0) is 6.54 Å². The zero-order chi connectivity index (χ0) is 18.1. The molecule has 0 spiro atoms. The zero-order valence-corrected chi connectivity index (χ0v) is 13.6. The van der Waals surface area contributed by atoms with E-state index in [1.54, 1.807) is 28.8 Å². The summed E-state index contributed by atoms with van der Waals surface area (Å²) in [6.45, 7) is 0.190. The second-order valence-electron chi connectivity index (χ2n) is 5.82. The Morgan fingerprint density at radius 2 is 2.04 bits per heavy atom. The van der Waals surface area contributed by atoms with Gasteiger partial charge in [0.2, 0.25) is 0 Å². The maximum atomic E-state index is 13.0. The van der Waals surface area contributed by atoms with E-state index in [9.17, 15) is 9.18 Å². The normalized spacial score (nSPS) is 11.0. The van der Waals surface area contributed by atoms with Crippen LogP contribution in [0.1, 0.15) is 16.1 Å². The van der Waals surface area contributed by atoms with Crippen molar-refractivity contribution in [1.29, 1.82) is 0 Å². The molecular formula is C19H15FN4O2. The van der Waals surface area contributed by atoms with Crippen LogP contribution < -0.4 is 11.1 Å². The quantitative estimate of drug-likeness (QED) is 0.592. The standard InChI is InChI=1S/C19H15FN4O2/c20-13-6-4-12(5-7-13)17-9-14(23-26-17)10-22-19(25)15-11-24-8-2-1-3-16(24)18(15)21/h1-9,11H,10,21H2,(H,22,25). The lowest BCUT2D eigenvalue weighted by Crippen LogP contribution is -2.23. The highest BCUT2D eigenvalue weighted by molar-refractivity contribution is 6.03. The molecule has 26 heavy (non-hydrogen) atoms. The van der Waals surface area contributed by atoms with Crippen molar-refractivity contribution in [3.05, 3.63) is 78.0 Å². The Morgan fingerprint density at radius 1 is 1.23 bits per heavy atom. The van der Waals surface area contributed by atoms with Crippen LogP contribution in [0.4, 0.5) is 10.1 Å². The van der Waals surface area contributed by atoms with Crippen molar-refractivity contribution in [2.45, 2.75) is 6.54 Å². The fourth-order valence-electron chi connectivity index (χ4n) is 2.74. The number of pyridine rings is 1. The summed E-state index contributed by atoms with van der Waals surface area (Å²) in [5.74, 6) is -0.112. The van der Waals surface area contributed by atoms with E-state index in [1.807, 2.05) is 24.4 Å². The van der Waals surface area contributed by atoms with Gasteiger partial charge in [-0.3, -0.25) is 4.79 Å². The molecule has 0 aliphatic carbocycles. The van der Waals surface area contributed by atoms with Crippen molar-refractivity contribution in [3.8, 4) is 11.3 Å². The Labute approximate surface area is 148 Å². The number of nitrogen functional groups attached to an aromatic ring is 1. The van der Waals surface area contributed by atoms with Crippen LogP contribution in [0.25, 0.3) is 16.8 Å². The van der Waals surface area contributed by atoms with E-state index in [1.165, 1.54) is 12.1 Å². The Bertz CT molecular complexity index is 1080. The molecule has 0 unspecified atom stereocenters. The van der Waals surface area contributed by atoms with E-state index in [2.05, 4.69) is 10.5 Å². The van der Waals surface area contributed by atoms with Gasteiger partial charge in [-0.15, -0.1) is 0 Å². The number of hydrogen-bond donors (Lipinski definition) is 2. The fraction of sp³-hybridized carbons (Fsp3) is 0.0526. The smallest absolute Gasteiger partial charge is 0.255 e. The number of anilines is 1. The molecule has 3 N–H and O–H groups in total. The van der Waals surface area contributed by atoms with Crippen LogP contribution in [0, 0.1) is 5.82 Å². The first-order chi connectivity index (χ1) is 12.6. The van der Waals surface area contributed by atoms with Crippen molar-refractivity contribution in [2.75, 3.05) is 5.73 Å². The molecule has 7 heteroatoms. The van der Waals surface area contributed by atoms with Gasteiger partial charge in [-0.05, 0) is 36.4 Å². The van der Waals surface area contributed by atoms with Crippen LogP contribution >= 0.6 is 0 Å². The number of rotatable bonds is 4. The minimum absolute atomic E-state index is 0.190. The average Bonchev–Trinajstić information content (AvgIpc) is 3.26. The minimum Gasteiger partial charge on any atom is -0.396 e. The summed E-state index contributed by atoms with van der Waals surface area (Å²) in [4.78, 5) is 12.4. The minimum atomic E-state index is -0.321. The summed E-state index contributed by atoms with van der Waals surface area (Å²) in [5, 5.41) is 6.70. The van der Waals surface area contributed by atoms with Crippen molar-refractivity contribution >= 4 is 17.1 Å². The number of nitrogens with two attached hydrogens (primary N) is 1. The molecule has 4 rings (SSSR count). The highest BCUT2D eigenvalue weighted by Crippen LogP contribution is 2.22. The lowest BCUT2D eigenvalue weighted by atomic mass is 10.1. The highest BCUT2D eigenvalue weighted by atomic mass is 19.1. The van der Waals surface area contributed by atoms with Crippen LogP contribution in [-0.4, -0.2) is 15.5 Å². The van der Waals surface area contributed by atoms with Gasteiger partial charge in [0.15, 0.2) is 5.76 Å². The first-order valence-corrected chi connectivity index (χ1v) is 7.97. The summed E-state index contributed by atoms with van der Waals surface area (Å²) in [6, 6.07) is 13.2. The number of carbonyl (C=O) groups is 1. The molecule has 0 radical (unpaired) electrons. The van der Waals surface area contributed by atoms with Crippen LogP contribution in [0.3, 0.4) is 0 Å². The molecule has 0 aliphatic heterocycles. The molecule has 6 nitrogen and oxygen atoms in total. The largest absolute Gasteiger partial charge is 0.396 e. The Hall–Kier alpha value is -3.61. The molecule has 0 aliphatic rings. The second kappa shape index (κ2) is 6.36. The van der Waals surface area contributed by atoms with Crippen LogP contribution in [0.2, 0.25) is 0 Å². The summed E-state index contributed by atoms with van der Waals surface area (Å²) in [6.07, 6.45) is 3.52. The van der Waals surface area contributed by atoms with Crippen molar-refractivity contribution in [2.24, 2.45) is 0 Å². The number of aromatic nitrogens is 2. The lowest BCUT2D eigenvalue weighted by molar-refractivity contribution is 0.0951. The number of hydrogen-bond acceptors (Lipinski definition) is 4. The van der Waals surface area contributed by atoms with E-state index >= 15 is 0 Å². The van der Waals surface area contributed by atoms with Gasteiger partial charge in [0.25, 0.3) is 5.91 Å². The third-order valence-corrected chi connectivity index (χ3v) is 4.09. The first kappa shape index (κ1) is 15.9. The molecule has 0 bridgehead atoms. The van der Waals surface area contributed by atoms with Crippen LogP contribution in [0.15, 0.2) is 65.4 Å². The number of benzene rings is 1. The topological polar surface area (TPSA) is 85.6 Å². The molecule has 0 fully saturated rings. The number of amides is 1. The van der Waals surface area contributed by atoms with Crippen molar-refractivity contribution in [3.63, 3.8) is 0 Å². The summed E-state index contributed by atoms with van der Waals surface area (Å²) in [5.41, 5.74) is 8.92. The van der Waals surface area contributed by atoms with Crippen molar-refractivity contribution in [1.82, 2.24) is 14.9 Å². The van der Waals surface area contributed by atoms with E-state index in [0.717, 1.165) is 5.52 Å². The molecule has 0 saturated heterocycles. The number of fused-ring (bicyclic) bond motifs is 1. The predicted molar refractivity (Wildman–Crippen MR) is 94.9 cm³/mol. The van der Waals surface area contributed by atoms with Gasteiger partial charge in [-0.25, -0.2) is 4.39 Å². The van der Waals surface area contributed by atoms with Gasteiger partial charge >= 0.3 is 0 Å². The molecule has 0 saturated carbocycles. The fourth-order valence-corrected chi connectivity index (χ4v) is 2.74. The number of carbonyl (C=O) groups excluding carboxylic acids is 1. The Balaban J connectivity index is 1.47. The second-order valence-corrected chi connectivity index (χ2v) is 5.82. The number of halogens is 1.